The van der Waals surface area contributed by atoms with Gasteiger partial charge in [-0.2, -0.15) is 5.53 Å². The van der Waals surface area contributed by atoms with Crippen LogP contribution in [0.2, 0.25) is 0 Å². The van der Waals surface area contributed by atoms with Crippen LogP contribution in [0.3, 0.4) is 0 Å². The van der Waals surface area contributed by atoms with E-state index < -0.39 is 0 Å². The lowest BCUT2D eigenvalue weighted by atomic mass is 10.0. The first kappa shape index (κ1) is 13.0. The molecule has 1 heterocycles. The van der Waals surface area contributed by atoms with Crippen molar-refractivity contribution in [1.29, 1.82) is 0 Å². The fourth-order valence-corrected chi connectivity index (χ4v) is 1.95. The first-order valence-corrected chi connectivity index (χ1v) is 6.02. The Labute approximate surface area is 106 Å². The number of rotatable bonds is 5. The predicted octanol–water partition coefficient (Wildman–Crippen LogP) is -0.828. The Hall–Kier alpha value is -1.47. The highest BCUT2D eigenvalue weighted by Crippen LogP contribution is 2.17. The van der Waals surface area contributed by atoms with E-state index in [1.807, 2.05) is 18.2 Å². The summed E-state index contributed by atoms with van der Waals surface area (Å²) in [4.78, 5) is 11.0. The molecular formula is C12H19N5O. The van der Waals surface area contributed by atoms with Crippen LogP contribution in [-0.4, -0.2) is 24.5 Å². The second-order valence-electron chi connectivity index (χ2n) is 4.44. The van der Waals surface area contributed by atoms with Gasteiger partial charge in [-0.15, -0.1) is 0 Å². The summed E-state index contributed by atoms with van der Waals surface area (Å²) in [6.45, 7) is 2.40. The van der Waals surface area contributed by atoms with Gasteiger partial charge >= 0.3 is 0 Å². The Kier molecular flexibility index (Phi) is 4.27. The molecule has 0 spiro atoms. The van der Waals surface area contributed by atoms with E-state index >= 15 is 0 Å². The molecule has 0 aromatic heterocycles. The molecule has 0 bridgehead atoms. The third-order valence-corrected chi connectivity index (χ3v) is 3.12. The summed E-state index contributed by atoms with van der Waals surface area (Å²) in [5.74, 6) is -0.342. The standard InChI is InChI=1S/C12H19N5O/c1-8(12(13)18)14-7-10-11(16-17-15-10)9-5-3-2-4-6-9/h2-6,8,10-11,14-17H,7H2,1H3,(H2,13,18). The lowest BCUT2D eigenvalue weighted by Crippen LogP contribution is -2.46. The summed E-state index contributed by atoms with van der Waals surface area (Å²) in [5, 5.41) is 3.11. The van der Waals surface area contributed by atoms with Crippen LogP contribution in [0.5, 0.6) is 0 Å². The minimum Gasteiger partial charge on any atom is -0.368 e. The zero-order chi connectivity index (χ0) is 13.0. The summed E-state index contributed by atoms with van der Waals surface area (Å²) in [6, 6.07) is 10.1. The molecule has 6 N–H and O–H groups in total. The van der Waals surface area contributed by atoms with Gasteiger partial charge in [0.2, 0.25) is 5.91 Å². The van der Waals surface area contributed by atoms with E-state index in [1.54, 1.807) is 6.92 Å². The monoisotopic (exact) mass is 249 g/mol. The van der Waals surface area contributed by atoms with Crippen molar-refractivity contribution in [1.82, 2.24) is 21.7 Å². The number of carbonyl (C=O) groups is 1. The largest absolute Gasteiger partial charge is 0.368 e. The van der Waals surface area contributed by atoms with Gasteiger partial charge in [0.05, 0.1) is 18.1 Å². The maximum atomic E-state index is 11.0. The molecule has 1 amide bonds. The zero-order valence-electron chi connectivity index (χ0n) is 10.3. The van der Waals surface area contributed by atoms with E-state index in [0.29, 0.717) is 6.54 Å². The number of primary amides is 1. The molecule has 0 radical (unpaired) electrons. The van der Waals surface area contributed by atoms with Crippen LogP contribution >= 0.6 is 0 Å². The molecule has 1 aliphatic rings. The molecule has 1 saturated heterocycles. The number of hydrogen-bond acceptors (Lipinski definition) is 5. The van der Waals surface area contributed by atoms with Crippen molar-refractivity contribution in [3.8, 4) is 0 Å². The van der Waals surface area contributed by atoms with Crippen molar-refractivity contribution in [2.24, 2.45) is 5.73 Å². The number of hydrogen-bond donors (Lipinski definition) is 5. The molecule has 6 nitrogen and oxygen atoms in total. The third-order valence-electron chi connectivity index (χ3n) is 3.12. The van der Waals surface area contributed by atoms with Gasteiger partial charge < -0.3 is 11.1 Å². The molecule has 1 aromatic rings. The van der Waals surface area contributed by atoms with Crippen LogP contribution in [0.4, 0.5) is 0 Å². The predicted molar refractivity (Wildman–Crippen MR) is 69.0 cm³/mol. The Balaban J connectivity index is 1.94. The summed E-state index contributed by atoms with van der Waals surface area (Å²) >= 11 is 0. The molecule has 3 unspecified atom stereocenters. The molecule has 98 valence electrons. The van der Waals surface area contributed by atoms with Gasteiger partial charge in [0.1, 0.15) is 0 Å². The summed E-state index contributed by atoms with van der Waals surface area (Å²) in [5.41, 5.74) is 15.6. The van der Waals surface area contributed by atoms with Crippen LogP contribution in [0.25, 0.3) is 0 Å². The van der Waals surface area contributed by atoms with E-state index in [9.17, 15) is 4.79 Å². The van der Waals surface area contributed by atoms with Crippen molar-refractivity contribution < 1.29 is 4.79 Å². The van der Waals surface area contributed by atoms with Gasteiger partial charge in [-0.1, -0.05) is 30.3 Å². The second-order valence-corrected chi connectivity index (χ2v) is 4.44. The van der Waals surface area contributed by atoms with E-state index in [-0.39, 0.29) is 24.0 Å². The first-order chi connectivity index (χ1) is 8.68. The molecule has 1 fully saturated rings. The fraction of sp³-hybridized carbons (Fsp3) is 0.417. The zero-order valence-corrected chi connectivity index (χ0v) is 10.3. The van der Waals surface area contributed by atoms with Gasteiger partial charge in [0.25, 0.3) is 0 Å². The van der Waals surface area contributed by atoms with Gasteiger partial charge in [-0.3, -0.25) is 4.79 Å². The molecule has 6 heteroatoms. The highest BCUT2D eigenvalue weighted by molar-refractivity contribution is 5.79. The third kappa shape index (κ3) is 3.05. The summed E-state index contributed by atoms with van der Waals surface area (Å²) in [7, 11) is 0. The quantitative estimate of drug-likeness (QED) is 0.470. The van der Waals surface area contributed by atoms with Crippen molar-refractivity contribution in [3.63, 3.8) is 0 Å². The summed E-state index contributed by atoms with van der Waals surface area (Å²) in [6.07, 6.45) is 0. The van der Waals surface area contributed by atoms with Crippen LogP contribution < -0.4 is 27.4 Å². The van der Waals surface area contributed by atoms with E-state index in [1.165, 1.54) is 5.56 Å². The average Bonchev–Trinajstić information content (AvgIpc) is 2.85. The number of hydrazine groups is 2. The maximum absolute atomic E-state index is 11.0. The number of amides is 1. The minimum absolute atomic E-state index is 0.147. The van der Waals surface area contributed by atoms with Gasteiger partial charge in [-0.25, -0.2) is 10.9 Å². The minimum atomic E-state index is -0.342. The van der Waals surface area contributed by atoms with Crippen LogP contribution in [0, 0.1) is 0 Å². The molecule has 18 heavy (non-hydrogen) atoms. The first-order valence-electron chi connectivity index (χ1n) is 6.02. The second kappa shape index (κ2) is 5.92. The number of nitrogens with one attached hydrogen (secondary N) is 4. The lowest BCUT2D eigenvalue weighted by molar-refractivity contribution is -0.119. The highest BCUT2D eigenvalue weighted by Gasteiger charge is 2.28. The van der Waals surface area contributed by atoms with Crippen molar-refractivity contribution in [3.05, 3.63) is 35.9 Å². The van der Waals surface area contributed by atoms with Crippen molar-refractivity contribution in [2.45, 2.75) is 25.0 Å². The van der Waals surface area contributed by atoms with Gasteiger partial charge in [-0.05, 0) is 12.5 Å². The smallest absolute Gasteiger partial charge is 0.234 e. The van der Waals surface area contributed by atoms with E-state index in [4.69, 9.17) is 5.73 Å². The average molecular weight is 249 g/mol. The molecule has 0 saturated carbocycles. The Morgan fingerprint density at radius 1 is 1.39 bits per heavy atom. The highest BCUT2D eigenvalue weighted by atomic mass is 16.1. The number of carbonyl (C=O) groups excluding carboxylic acids is 1. The maximum Gasteiger partial charge on any atom is 0.234 e. The van der Waals surface area contributed by atoms with Gasteiger partial charge in [0.15, 0.2) is 0 Å². The normalized spacial score (nSPS) is 24.9. The molecule has 2 rings (SSSR count). The van der Waals surface area contributed by atoms with Crippen LogP contribution in [0.15, 0.2) is 30.3 Å². The number of nitrogens with two attached hydrogens (primary N) is 1. The Morgan fingerprint density at radius 2 is 2.11 bits per heavy atom. The van der Waals surface area contributed by atoms with Crippen molar-refractivity contribution >= 4 is 5.91 Å². The SMILES string of the molecule is CC(NCC1NNNC1c1ccccc1)C(N)=O. The van der Waals surface area contributed by atoms with Crippen molar-refractivity contribution in [2.75, 3.05) is 6.54 Å². The Morgan fingerprint density at radius 3 is 2.78 bits per heavy atom. The van der Waals surface area contributed by atoms with Crippen LogP contribution in [-0.2, 0) is 4.79 Å². The van der Waals surface area contributed by atoms with Gasteiger partial charge in [0, 0.05) is 6.54 Å². The molecule has 1 aromatic carbocycles. The van der Waals surface area contributed by atoms with E-state index in [0.717, 1.165) is 0 Å². The lowest BCUT2D eigenvalue weighted by Gasteiger charge is -2.20. The topological polar surface area (TPSA) is 91.2 Å². The molecular weight excluding hydrogens is 230 g/mol. The molecule has 3 atom stereocenters. The van der Waals surface area contributed by atoms with E-state index in [2.05, 4.69) is 33.8 Å². The fourth-order valence-electron chi connectivity index (χ4n) is 1.95. The molecule has 1 aliphatic heterocycles. The van der Waals surface area contributed by atoms with Crippen LogP contribution in [0.1, 0.15) is 18.5 Å². The summed E-state index contributed by atoms with van der Waals surface area (Å²) < 4.78 is 0. The Bertz CT molecular complexity index is 397. The molecule has 0 aliphatic carbocycles. The number of benzene rings is 1.